The van der Waals surface area contributed by atoms with Crippen LogP contribution in [0.25, 0.3) is 0 Å². The lowest BCUT2D eigenvalue weighted by molar-refractivity contribution is -0.132. The first kappa shape index (κ1) is 32.0. The Bertz CT molecular complexity index is 1250. The van der Waals surface area contributed by atoms with Crippen LogP contribution in [0.1, 0.15) is 58.3 Å². The first-order valence-corrected chi connectivity index (χ1v) is 14.1. The summed E-state index contributed by atoms with van der Waals surface area (Å²) < 4.78 is 28.3. The van der Waals surface area contributed by atoms with E-state index < -0.39 is 35.0 Å². The molecule has 1 aliphatic carbocycles. The van der Waals surface area contributed by atoms with Gasteiger partial charge in [-0.05, 0) is 62.4 Å². The number of halogens is 2. The number of tetrazole rings is 1. The van der Waals surface area contributed by atoms with Gasteiger partial charge in [0.2, 0.25) is 11.8 Å². The Kier molecular flexibility index (Phi) is 11.2. The highest BCUT2D eigenvalue weighted by atomic mass is 19.1. The molecule has 3 rings (SSSR count). The number of nitrogens with one attached hydrogen (secondary N) is 1. The van der Waals surface area contributed by atoms with E-state index in [-0.39, 0.29) is 37.4 Å². The first-order chi connectivity index (χ1) is 19.5. The van der Waals surface area contributed by atoms with Crippen molar-refractivity contribution >= 4 is 11.8 Å². The number of rotatable bonds is 15. The topological polar surface area (TPSA) is 139 Å². The van der Waals surface area contributed by atoms with E-state index in [1.807, 2.05) is 20.8 Å². The van der Waals surface area contributed by atoms with Crippen molar-refractivity contribution in [3.63, 3.8) is 0 Å². The number of carbonyl (C=O) groups excluding carboxylic acids is 2. The van der Waals surface area contributed by atoms with E-state index in [0.717, 1.165) is 18.9 Å². The van der Waals surface area contributed by atoms with Crippen molar-refractivity contribution in [3.8, 4) is 0 Å². The standard InChI is InChI=1S/C29H41F2N7O3/c1-5-8-37(9-6-2)27(40)21-10-19(4)15-29(16-21,28(32)41)24(13-20-11-22(30)14-23(31)12-20)25(39)17-33-18-26-34-36-38(7-3)35-26/h10-12,14-15,24-25,33,39H,5-9,13,16-18H2,1-4H3,(H2,32,41)/t24-,25+,29?/m1/s1. The Morgan fingerprint density at radius 1 is 1.17 bits per heavy atom. The van der Waals surface area contributed by atoms with Crippen LogP contribution >= 0.6 is 0 Å². The predicted octanol–water partition coefficient (Wildman–Crippen LogP) is 2.68. The number of hydrogen-bond donors (Lipinski definition) is 3. The summed E-state index contributed by atoms with van der Waals surface area (Å²) in [5, 5.41) is 26.7. The van der Waals surface area contributed by atoms with Crippen molar-refractivity contribution in [1.82, 2.24) is 30.4 Å². The zero-order valence-electron chi connectivity index (χ0n) is 24.2. The molecular weight excluding hydrogens is 532 g/mol. The normalized spacial score (nSPS) is 18.4. The summed E-state index contributed by atoms with van der Waals surface area (Å²) in [7, 11) is 0. The lowest BCUT2D eigenvalue weighted by Crippen LogP contribution is -2.51. The van der Waals surface area contributed by atoms with Crippen LogP contribution < -0.4 is 11.1 Å². The lowest BCUT2D eigenvalue weighted by atomic mass is 9.63. The van der Waals surface area contributed by atoms with Gasteiger partial charge in [-0.1, -0.05) is 31.6 Å². The van der Waals surface area contributed by atoms with Gasteiger partial charge in [-0.3, -0.25) is 9.59 Å². The maximum atomic E-state index is 14.2. The molecule has 1 unspecified atom stereocenters. The van der Waals surface area contributed by atoms with Crippen LogP contribution in [0.15, 0.2) is 41.5 Å². The second-order valence-electron chi connectivity index (χ2n) is 10.6. The van der Waals surface area contributed by atoms with Gasteiger partial charge in [0, 0.05) is 37.2 Å². The molecule has 1 heterocycles. The van der Waals surface area contributed by atoms with E-state index in [1.165, 1.54) is 16.9 Å². The smallest absolute Gasteiger partial charge is 0.249 e. The van der Waals surface area contributed by atoms with Crippen molar-refractivity contribution in [3.05, 3.63) is 64.5 Å². The van der Waals surface area contributed by atoms with Crippen molar-refractivity contribution in [2.75, 3.05) is 19.6 Å². The Labute approximate surface area is 239 Å². The first-order valence-electron chi connectivity index (χ1n) is 14.1. The molecule has 41 heavy (non-hydrogen) atoms. The number of carbonyl (C=O) groups is 2. The molecule has 0 saturated carbocycles. The van der Waals surface area contributed by atoms with Gasteiger partial charge >= 0.3 is 0 Å². The average molecular weight is 574 g/mol. The summed E-state index contributed by atoms with van der Waals surface area (Å²) in [4.78, 5) is 30.1. The number of primary amides is 1. The van der Waals surface area contributed by atoms with E-state index in [0.29, 0.717) is 36.6 Å². The maximum Gasteiger partial charge on any atom is 0.249 e. The van der Waals surface area contributed by atoms with Gasteiger partial charge < -0.3 is 21.1 Å². The van der Waals surface area contributed by atoms with Gasteiger partial charge in [-0.15, -0.1) is 10.2 Å². The number of nitrogens with two attached hydrogens (primary N) is 1. The van der Waals surface area contributed by atoms with E-state index in [9.17, 15) is 23.5 Å². The fourth-order valence-corrected chi connectivity index (χ4v) is 5.51. The molecule has 3 atom stereocenters. The summed E-state index contributed by atoms with van der Waals surface area (Å²) >= 11 is 0. The fraction of sp³-hybridized carbons (Fsp3) is 0.552. The van der Waals surface area contributed by atoms with Crippen LogP contribution in [-0.4, -0.2) is 67.8 Å². The summed E-state index contributed by atoms with van der Waals surface area (Å²) in [6, 6.07) is 3.10. The number of benzene rings is 1. The minimum Gasteiger partial charge on any atom is -0.391 e. The third kappa shape index (κ3) is 8.04. The molecule has 1 aromatic carbocycles. The minimum atomic E-state index is -1.50. The van der Waals surface area contributed by atoms with E-state index in [1.54, 1.807) is 24.0 Å². The molecular formula is C29H41F2N7O3. The lowest BCUT2D eigenvalue weighted by Gasteiger charge is -2.42. The van der Waals surface area contributed by atoms with Crippen molar-refractivity contribution in [2.24, 2.45) is 17.1 Å². The number of aliphatic hydroxyl groups is 1. The van der Waals surface area contributed by atoms with Gasteiger partial charge in [0.05, 0.1) is 24.6 Å². The zero-order chi connectivity index (χ0) is 30.2. The molecule has 4 N–H and O–H groups in total. The quantitative estimate of drug-likeness (QED) is 0.298. The highest BCUT2D eigenvalue weighted by molar-refractivity contribution is 5.96. The average Bonchev–Trinajstić information content (AvgIpc) is 3.38. The van der Waals surface area contributed by atoms with Crippen LogP contribution in [0.3, 0.4) is 0 Å². The molecule has 12 heteroatoms. The molecule has 0 bridgehead atoms. The van der Waals surface area contributed by atoms with Crippen molar-refractivity contribution in [1.29, 1.82) is 0 Å². The van der Waals surface area contributed by atoms with Crippen LogP contribution in [0, 0.1) is 23.0 Å². The second-order valence-corrected chi connectivity index (χ2v) is 10.6. The second kappa shape index (κ2) is 14.4. The summed E-state index contributed by atoms with van der Waals surface area (Å²) in [6.45, 7) is 9.48. The highest BCUT2D eigenvalue weighted by Gasteiger charge is 2.48. The highest BCUT2D eigenvalue weighted by Crippen LogP contribution is 2.44. The van der Waals surface area contributed by atoms with E-state index in [4.69, 9.17) is 5.73 Å². The molecule has 2 aromatic rings. The molecule has 1 aromatic heterocycles. The summed E-state index contributed by atoms with van der Waals surface area (Å²) in [6.07, 6.45) is 3.65. The Balaban J connectivity index is 1.97. The Morgan fingerprint density at radius 3 is 2.39 bits per heavy atom. The number of aryl methyl sites for hydroxylation is 1. The third-order valence-corrected chi connectivity index (χ3v) is 7.30. The van der Waals surface area contributed by atoms with Crippen LogP contribution in [-0.2, 0) is 29.1 Å². The molecule has 0 radical (unpaired) electrons. The number of nitrogens with zero attached hydrogens (tertiary/aromatic N) is 5. The summed E-state index contributed by atoms with van der Waals surface area (Å²) in [5.41, 5.74) is 5.87. The summed E-state index contributed by atoms with van der Waals surface area (Å²) in [5.74, 6) is -2.98. The third-order valence-electron chi connectivity index (χ3n) is 7.30. The van der Waals surface area contributed by atoms with Gasteiger partial charge in [-0.2, -0.15) is 4.80 Å². The van der Waals surface area contributed by atoms with Gasteiger partial charge in [0.15, 0.2) is 5.82 Å². The number of amides is 2. The van der Waals surface area contributed by atoms with Gasteiger partial charge in [0.1, 0.15) is 11.6 Å². The van der Waals surface area contributed by atoms with Crippen molar-refractivity contribution < 1.29 is 23.5 Å². The molecule has 2 amide bonds. The molecule has 1 aliphatic rings. The van der Waals surface area contributed by atoms with E-state index in [2.05, 4.69) is 20.7 Å². The van der Waals surface area contributed by atoms with Crippen molar-refractivity contribution in [2.45, 2.75) is 72.6 Å². The molecule has 224 valence electrons. The molecule has 10 nitrogen and oxygen atoms in total. The molecule has 0 saturated heterocycles. The van der Waals surface area contributed by atoms with Gasteiger partial charge in [0.25, 0.3) is 0 Å². The monoisotopic (exact) mass is 573 g/mol. The molecule has 0 fully saturated rings. The number of hydrogen-bond acceptors (Lipinski definition) is 7. The zero-order valence-corrected chi connectivity index (χ0v) is 24.2. The minimum absolute atomic E-state index is 0.00413. The Morgan fingerprint density at radius 2 is 1.83 bits per heavy atom. The Hall–Kier alpha value is -3.51. The number of aliphatic hydroxyl groups excluding tert-OH is 1. The largest absolute Gasteiger partial charge is 0.391 e. The number of allylic oxidation sites excluding steroid dienone is 2. The SMILES string of the molecule is CCCN(CCC)C(=O)C1=CC(C)=CC(C(N)=O)([C@H](Cc2cc(F)cc(F)c2)[C@@H](O)CNCc2nnn(CC)n2)C1. The number of aromatic nitrogens is 4. The van der Waals surface area contributed by atoms with Crippen LogP contribution in [0.2, 0.25) is 0 Å². The molecule has 0 spiro atoms. The maximum absolute atomic E-state index is 14.2. The predicted molar refractivity (Wildman–Crippen MR) is 150 cm³/mol. The van der Waals surface area contributed by atoms with E-state index >= 15 is 0 Å². The molecule has 0 aliphatic heterocycles. The van der Waals surface area contributed by atoms with Crippen LogP contribution in [0.4, 0.5) is 8.78 Å². The van der Waals surface area contributed by atoms with Gasteiger partial charge in [-0.25, -0.2) is 8.78 Å². The fourth-order valence-electron chi connectivity index (χ4n) is 5.51. The van der Waals surface area contributed by atoms with Crippen LogP contribution in [0.5, 0.6) is 0 Å².